The van der Waals surface area contributed by atoms with Crippen molar-refractivity contribution in [3.05, 3.63) is 0 Å². The molecule has 0 aromatic heterocycles. The van der Waals surface area contributed by atoms with Gasteiger partial charge in [-0.25, -0.2) is 0 Å². The Labute approximate surface area is 66.3 Å². The van der Waals surface area contributed by atoms with Gasteiger partial charge in [0.15, 0.2) is 0 Å². The van der Waals surface area contributed by atoms with Gasteiger partial charge in [-0.05, 0) is 0 Å². The first-order valence-electron chi connectivity index (χ1n) is 0.667. The molecule has 0 aliphatic heterocycles. The zero-order chi connectivity index (χ0) is 4.50. The molecule has 0 saturated heterocycles. The zero-order valence-electron chi connectivity index (χ0n) is 2.42. The third kappa shape index (κ3) is 32.9. The molecule has 0 aliphatic carbocycles. The van der Waals surface area contributed by atoms with E-state index in [1.807, 2.05) is 0 Å². The summed E-state index contributed by atoms with van der Waals surface area (Å²) in [5.74, 6) is 0. The number of hydrogen-bond acceptors (Lipinski definition) is 4. The molecule has 0 nitrogen and oxygen atoms in total. The molecule has 0 saturated carbocycles. The van der Waals surface area contributed by atoms with Crippen LogP contribution in [-0.4, -0.2) is 0 Å². The summed E-state index contributed by atoms with van der Waals surface area (Å²) in [6, 6.07) is 0. The molecule has 0 rings (SSSR count). The summed E-state index contributed by atoms with van der Waals surface area (Å²) in [5, 5.41) is 0. The van der Waals surface area contributed by atoms with Crippen molar-refractivity contribution >= 4 is 40.3 Å². The third-order valence-electron chi connectivity index (χ3n) is 0. The summed E-state index contributed by atoms with van der Waals surface area (Å²) in [7, 11) is 15.2. The van der Waals surface area contributed by atoms with Crippen molar-refractivity contribution in [3.63, 3.8) is 0 Å². The first-order chi connectivity index (χ1) is 2.00. The van der Waals surface area contributed by atoms with Crippen LogP contribution < -0.4 is 0 Å². The first kappa shape index (κ1) is 11.2. The minimum absolute atomic E-state index is 0. The summed E-state index contributed by atoms with van der Waals surface area (Å²) >= 11 is 0. The standard InChI is InChI=1S/Mn.Mo.4S/q+2;;;;2*-1. The Morgan fingerprint density at radius 2 is 1.17 bits per heavy atom. The van der Waals surface area contributed by atoms with Crippen molar-refractivity contribution in [3.8, 4) is 0 Å². The van der Waals surface area contributed by atoms with Crippen LogP contribution in [0.25, 0.3) is 0 Å². The Bertz CT molecular complexity index is 90.7. The average Bonchev–Trinajstić information content (AvgIpc) is 0.722. The van der Waals surface area contributed by atoms with Crippen LogP contribution in [0, 0.1) is 0 Å². The molecule has 0 spiro atoms. The van der Waals surface area contributed by atoms with Crippen LogP contribution in [-0.2, 0) is 47.6 Å². The molecule has 0 N–H and O–H groups in total. The molecule has 0 bridgehead atoms. The Morgan fingerprint density at radius 3 is 1.17 bits per heavy atom. The molecule has 0 amide bonds. The molecular formula is MnMoS4. The van der Waals surface area contributed by atoms with Gasteiger partial charge in [-0.1, -0.05) is 0 Å². The maximum absolute atomic E-state index is 4.46. The van der Waals surface area contributed by atoms with Crippen LogP contribution in [0.4, 0.5) is 0 Å². The molecule has 0 heterocycles. The second-order valence-electron chi connectivity index (χ2n) is 0.408. The van der Waals surface area contributed by atoms with Gasteiger partial charge in [0, 0.05) is 0 Å². The molecule has 0 atom stereocenters. The van der Waals surface area contributed by atoms with Gasteiger partial charge in [-0.15, -0.1) is 0 Å². The monoisotopic (exact) mass is 281 g/mol. The Morgan fingerprint density at radius 1 is 1.17 bits per heavy atom. The molecule has 1 radical (unpaired) electrons. The molecule has 6 heavy (non-hydrogen) atoms. The maximum atomic E-state index is 4.46. The predicted molar refractivity (Wildman–Crippen MR) is 29.9 cm³/mol. The summed E-state index contributed by atoms with van der Waals surface area (Å²) in [4.78, 5) is 0. The van der Waals surface area contributed by atoms with Crippen molar-refractivity contribution in [2.45, 2.75) is 0 Å². The van der Waals surface area contributed by atoms with Gasteiger partial charge in [0.1, 0.15) is 0 Å². The van der Waals surface area contributed by atoms with Gasteiger partial charge in [0.05, 0.1) is 0 Å². The zero-order valence-corrected chi connectivity index (χ0v) is 8.87. The van der Waals surface area contributed by atoms with E-state index in [-0.39, 0.29) is 17.1 Å². The van der Waals surface area contributed by atoms with Gasteiger partial charge in [0.2, 0.25) is 0 Å². The van der Waals surface area contributed by atoms with E-state index in [0.29, 0.717) is 0 Å². The van der Waals surface area contributed by atoms with E-state index < -0.39 is 9.86 Å². The van der Waals surface area contributed by atoms with Crippen molar-refractivity contribution in [1.29, 1.82) is 0 Å². The van der Waals surface area contributed by atoms with Crippen molar-refractivity contribution in [2.24, 2.45) is 0 Å². The fourth-order valence-electron chi connectivity index (χ4n) is 0. The first-order valence-corrected chi connectivity index (χ1v) is 11.8. The Balaban J connectivity index is 0. The molecule has 0 aromatic carbocycles. The Kier molecular flexibility index (Phi) is 7.92. The van der Waals surface area contributed by atoms with Crippen molar-refractivity contribution < 1.29 is 26.9 Å². The molecule has 37 valence electrons. The summed E-state index contributed by atoms with van der Waals surface area (Å²) in [6.07, 6.45) is 0. The van der Waals surface area contributed by atoms with E-state index in [9.17, 15) is 0 Å². The molecule has 0 fully saturated rings. The molecular weight excluding hydrogens is 279 g/mol. The number of hydrogen-bond donors (Lipinski definition) is 0. The molecule has 6 heteroatoms. The van der Waals surface area contributed by atoms with Gasteiger partial charge in [0.25, 0.3) is 0 Å². The average molecular weight is 279 g/mol. The van der Waals surface area contributed by atoms with E-state index in [1.54, 1.807) is 0 Å². The van der Waals surface area contributed by atoms with Crippen LogP contribution in [0.1, 0.15) is 0 Å². The summed E-state index contributed by atoms with van der Waals surface area (Å²) in [6.45, 7) is 0. The van der Waals surface area contributed by atoms with Crippen LogP contribution in [0.15, 0.2) is 0 Å². The minimum atomic E-state index is -2.69. The molecule has 0 aliphatic rings. The second-order valence-corrected chi connectivity index (χ2v) is 21.7. The van der Waals surface area contributed by atoms with E-state index >= 15 is 0 Å². The fraction of sp³-hybridized carbons (Fsp3) is 0. The van der Waals surface area contributed by atoms with Crippen molar-refractivity contribution in [1.82, 2.24) is 0 Å². The number of rotatable bonds is 0. The molecule has 0 aromatic rings. The van der Waals surface area contributed by atoms with E-state index in [2.05, 4.69) is 40.3 Å². The van der Waals surface area contributed by atoms with Gasteiger partial charge >= 0.3 is 67.2 Å². The fourth-order valence-corrected chi connectivity index (χ4v) is 0. The second kappa shape index (κ2) is 4.25. The van der Waals surface area contributed by atoms with E-state index in [0.717, 1.165) is 0 Å². The summed E-state index contributed by atoms with van der Waals surface area (Å²) < 4.78 is 0. The Hall–Kier alpha value is 2.35. The van der Waals surface area contributed by atoms with E-state index in [1.165, 1.54) is 0 Å². The topological polar surface area (TPSA) is 0 Å². The third-order valence-corrected chi connectivity index (χ3v) is 0. The van der Waals surface area contributed by atoms with Crippen LogP contribution >= 0.6 is 19.6 Å². The van der Waals surface area contributed by atoms with Crippen LogP contribution in [0.2, 0.25) is 0 Å². The van der Waals surface area contributed by atoms with Gasteiger partial charge in [-0.2, -0.15) is 0 Å². The van der Waals surface area contributed by atoms with Crippen LogP contribution in [0.5, 0.6) is 0 Å². The molecule has 0 unspecified atom stereocenters. The SMILES string of the molecule is [Mn+2].[S]=[Mo](=[S])([S-])[S-]. The van der Waals surface area contributed by atoms with Gasteiger partial charge in [-0.3, -0.25) is 0 Å². The quantitative estimate of drug-likeness (QED) is 0.484. The van der Waals surface area contributed by atoms with Crippen LogP contribution in [0.3, 0.4) is 0 Å². The summed E-state index contributed by atoms with van der Waals surface area (Å²) in [5.41, 5.74) is 0. The normalized spacial score (nSPS) is 9.67. The predicted octanol–water partition coefficient (Wildman–Crippen LogP) is 1.29. The van der Waals surface area contributed by atoms with E-state index in [4.69, 9.17) is 0 Å². The van der Waals surface area contributed by atoms with Crippen molar-refractivity contribution in [2.75, 3.05) is 0 Å². The van der Waals surface area contributed by atoms with Gasteiger partial charge < -0.3 is 0 Å².